The smallest absolute Gasteiger partial charge is 0.278 e. The molecule has 0 aliphatic heterocycles. The molecule has 2 N–H and O–H groups in total. The van der Waals surface area contributed by atoms with Gasteiger partial charge in [-0.05, 0) is 37.6 Å². The Labute approximate surface area is 119 Å². The summed E-state index contributed by atoms with van der Waals surface area (Å²) in [5.74, 6) is -0.102. The number of aryl methyl sites for hydroxylation is 2. The van der Waals surface area contributed by atoms with E-state index in [2.05, 4.69) is 10.1 Å². The van der Waals surface area contributed by atoms with Crippen LogP contribution < -0.4 is 5.56 Å². The van der Waals surface area contributed by atoms with E-state index in [1.54, 1.807) is 24.4 Å². The molecule has 102 valence electrons. The third-order valence-corrected chi connectivity index (χ3v) is 3.69. The van der Waals surface area contributed by atoms with Crippen molar-refractivity contribution in [2.75, 3.05) is 0 Å². The molecular formula is C14H12ClN3O2. The maximum Gasteiger partial charge on any atom is 0.278 e. The van der Waals surface area contributed by atoms with Crippen LogP contribution in [-0.2, 0) is 0 Å². The van der Waals surface area contributed by atoms with E-state index in [4.69, 9.17) is 11.6 Å². The van der Waals surface area contributed by atoms with Gasteiger partial charge >= 0.3 is 0 Å². The number of aromatic nitrogens is 3. The Morgan fingerprint density at radius 2 is 2.10 bits per heavy atom. The van der Waals surface area contributed by atoms with Crippen molar-refractivity contribution in [1.82, 2.24) is 14.8 Å². The number of hydrogen-bond donors (Lipinski definition) is 2. The Morgan fingerprint density at radius 1 is 1.35 bits per heavy atom. The SMILES string of the molecule is Cc1cc2c(O)c(-n3nccc3C)c(=O)[nH]c2cc1Cl. The molecule has 5 nitrogen and oxygen atoms in total. The number of benzene rings is 1. The van der Waals surface area contributed by atoms with Crippen LogP contribution in [0.2, 0.25) is 5.02 Å². The number of nitrogens with zero attached hydrogens (tertiary/aromatic N) is 2. The summed E-state index contributed by atoms with van der Waals surface area (Å²) in [4.78, 5) is 14.9. The largest absolute Gasteiger partial charge is 0.505 e. The maximum absolute atomic E-state index is 12.2. The number of halogens is 1. The average Bonchev–Trinajstić information content (AvgIpc) is 2.79. The van der Waals surface area contributed by atoms with Gasteiger partial charge in [0.05, 0.1) is 5.52 Å². The number of nitrogens with one attached hydrogen (secondary N) is 1. The third kappa shape index (κ3) is 1.78. The molecule has 0 aliphatic carbocycles. The summed E-state index contributed by atoms with van der Waals surface area (Å²) < 4.78 is 1.41. The summed E-state index contributed by atoms with van der Waals surface area (Å²) in [5.41, 5.74) is 1.78. The molecule has 6 heteroatoms. The molecule has 0 aliphatic rings. The van der Waals surface area contributed by atoms with Crippen LogP contribution in [0, 0.1) is 13.8 Å². The highest BCUT2D eigenvalue weighted by Crippen LogP contribution is 2.31. The van der Waals surface area contributed by atoms with Crippen LogP contribution in [0.4, 0.5) is 0 Å². The second-order valence-electron chi connectivity index (χ2n) is 4.68. The Balaban J connectivity index is 2.43. The number of aromatic hydroxyl groups is 1. The lowest BCUT2D eigenvalue weighted by Gasteiger charge is -2.10. The highest BCUT2D eigenvalue weighted by atomic mass is 35.5. The molecule has 0 fully saturated rings. The predicted octanol–water partition coefficient (Wildman–Crippen LogP) is 2.69. The minimum absolute atomic E-state index is 0.102. The zero-order chi connectivity index (χ0) is 14.4. The zero-order valence-electron chi connectivity index (χ0n) is 10.9. The number of fused-ring (bicyclic) bond motifs is 1. The van der Waals surface area contributed by atoms with Gasteiger partial charge in [-0.2, -0.15) is 5.10 Å². The quantitative estimate of drug-likeness (QED) is 0.723. The van der Waals surface area contributed by atoms with E-state index in [1.165, 1.54) is 4.68 Å². The molecule has 0 atom stereocenters. The fraction of sp³-hybridized carbons (Fsp3) is 0.143. The van der Waals surface area contributed by atoms with E-state index in [0.717, 1.165) is 11.3 Å². The first kappa shape index (κ1) is 12.7. The normalized spacial score (nSPS) is 11.2. The van der Waals surface area contributed by atoms with Gasteiger partial charge in [0.15, 0.2) is 11.4 Å². The zero-order valence-corrected chi connectivity index (χ0v) is 11.7. The molecule has 1 aromatic carbocycles. The van der Waals surface area contributed by atoms with Crippen molar-refractivity contribution in [3.63, 3.8) is 0 Å². The first-order valence-electron chi connectivity index (χ1n) is 6.05. The van der Waals surface area contributed by atoms with Crippen molar-refractivity contribution in [3.8, 4) is 11.4 Å². The van der Waals surface area contributed by atoms with Gasteiger partial charge in [0, 0.05) is 22.3 Å². The van der Waals surface area contributed by atoms with Gasteiger partial charge in [0.1, 0.15) is 0 Å². The van der Waals surface area contributed by atoms with Gasteiger partial charge in [0.25, 0.3) is 5.56 Å². The molecule has 0 radical (unpaired) electrons. The van der Waals surface area contributed by atoms with Crippen LogP contribution in [0.5, 0.6) is 5.75 Å². The highest BCUT2D eigenvalue weighted by molar-refractivity contribution is 6.32. The summed E-state index contributed by atoms with van der Waals surface area (Å²) in [7, 11) is 0. The van der Waals surface area contributed by atoms with Gasteiger partial charge in [-0.25, -0.2) is 4.68 Å². The fourth-order valence-electron chi connectivity index (χ4n) is 2.20. The average molecular weight is 290 g/mol. The Kier molecular flexibility index (Phi) is 2.79. The summed E-state index contributed by atoms with van der Waals surface area (Å²) in [6, 6.07) is 5.13. The fourth-order valence-corrected chi connectivity index (χ4v) is 2.36. The van der Waals surface area contributed by atoms with Crippen LogP contribution in [0.3, 0.4) is 0 Å². The highest BCUT2D eigenvalue weighted by Gasteiger charge is 2.16. The van der Waals surface area contributed by atoms with Crippen LogP contribution in [0.25, 0.3) is 16.6 Å². The van der Waals surface area contributed by atoms with Crippen molar-refractivity contribution in [3.05, 3.63) is 51.0 Å². The lowest BCUT2D eigenvalue weighted by atomic mass is 10.1. The number of aromatic amines is 1. The van der Waals surface area contributed by atoms with Crippen molar-refractivity contribution < 1.29 is 5.11 Å². The lowest BCUT2D eigenvalue weighted by molar-refractivity contribution is 0.474. The van der Waals surface area contributed by atoms with Crippen LogP contribution in [-0.4, -0.2) is 19.9 Å². The molecule has 0 bridgehead atoms. The van der Waals surface area contributed by atoms with Crippen molar-refractivity contribution in [1.29, 1.82) is 0 Å². The summed E-state index contributed by atoms with van der Waals surface area (Å²) in [6.45, 7) is 3.65. The summed E-state index contributed by atoms with van der Waals surface area (Å²) in [6.07, 6.45) is 1.57. The second-order valence-corrected chi connectivity index (χ2v) is 5.09. The topological polar surface area (TPSA) is 70.9 Å². The minimum Gasteiger partial charge on any atom is -0.505 e. The molecule has 20 heavy (non-hydrogen) atoms. The minimum atomic E-state index is -0.415. The van der Waals surface area contributed by atoms with E-state index in [-0.39, 0.29) is 11.4 Å². The molecule has 0 saturated heterocycles. The Morgan fingerprint density at radius 3 is 2.75 bits per heavy atom. The van der Waals surface area contributed by atoms with Crippen LogP contribution >= 0.6 is 11.6 Å². The van der Waals surface area contributed by atoms with Gasteiger partial charge in [-0.3, -0.25) is 4.79 Å². The number of pyridine rings is 1. The first-order valence-corrected chi connectivity index (χ1v) is 6.43. The molecule has 2 aromatic heterocycles. The molecule has 0 spiro atoms. The number of H-pyrrole nitrogens is 1. The molecule has 3 rings (SSSR count). The molecule has 0 saturated carbocycles. The standard InChI is InChI=1S/C14H12ClN3O2/c1-7-5-9-11(6-10(7)15)17-14(20)12(13(9)19)18-8(2)3-4-16-18/h3-6H,1-2H3,(H2,17,19,20). The van der Waals surface area contributed by atoms with Crippen LogP contribution in [0.15, 0.2) is 29.2 Å². The van der Waals surface area contributed by atoms with Crippen molar-refractivity contribution >= 4 is 22.5 Å². The molecular weight excluding hydrogens is 278 g/mol. The van der Waals surface area contributed by atoms with E-state index in [1.807, 2.05) is 13.8 Å². The second kappa shape index (κ2) is 4.38. The van der Waals surface area contributed by atoms with Crippen LogP contribution in [0.1, 0.15) is 11.3 Å². The molecule has 3 aromatic rings. The molecule has 0 unspecified atom stereocenters. The predicted molar refractivity (Wildman–Crippen MR) is 77.8 cm³/mol. The van der Waals surface area contributed by atoms with Crippen molar-refractivity contribution in [2.45, 2.75) is 13.8 Å². The van der Waals surface area contributed by atoms with E-state index < -0.39 is 5.56 Å². The Hall–Kier alpha value is -2.27. The van der Waals surface area contributed by atoms with Gasteiger partial charge in [-0.1, -0.05) is 11.6 Å². The lowest BCUT2D eigenvalue weighted by Crippen LogP contribution is -2.16. The monoisotopic (exact) mass is 289 g/mol. The van der Waals surface area contributed by atoms with E-state index in [9.17, 15) is 9.90 Å². The Bertz CT molecular complexity index is 880. The summed E-state index contributed by atoms with van der Waals surface area (Å²) >= 11 is 6.04. The van der Waals surface area contributed by atoms with Crippen molar-refractivity contribution in [2.24, 2.45) is 0 Å². The maximum atomic E-state index is 12.2. The molecule has 0 amide bonds. The van der Waals surface area contributed by atoms with E-state index >= 15 is 0 Å². The number of rotatable bonds is 1. The number of hydrogen-bond acceptors (Lipinski definition) is 3. The van der Waals surface area contributed by atoms with Gasteiger partial charge in [0.2, 0.25) is 0 Å². The van der Waals surface area contributed by atoms with E-state index in [0.29, 0.717) is 15.9 Å². The summed E-state index contributed by atoms with van der Waals surface area (Å²) in [5, 5.41) is 15.6. The first-order chi connectivity index (χ1) is 9.49. The van der Waals surface area contributed by atoms with Gasteiger partial charge < -0.3 is 10.1 Å². The van der Waals surface area contributed by atoms with Gasteiger partial charge in [-0.15, -0.1) is 0 Å². The third-order valence-electron chi connectivity index (χ3n) is 3.29. The molecule has 2 heterocycles.